The smallest absolute Gasteiger partial charge is 0.277 e. The Balaban J connectivity index is 1.87. The predicted molar refractivity (Wildman–Crippen MR) is 104 cm³/mol. The second-order valence-electron chi connectivity index (χ2n) is 5.98. The fourth-order valence-electron chi connectivity index (χ4n) is 2.65. The summed E-state index contributed by atoms with van der Waals surface area (Å²) < 4.78 is 56.9. The number of carbonyl (C=O) groups excluding carboxylic acids is 1. The maximum absolute atomic E-state index is 12.7. The van der Waals surface area contributed by atoms with Crippen LogP contribution in [0.2, 0.25) is 0 Å². The van der Waals surface area contributed by atoms with Crippen LogP contribution in [0.5, 0.6) is 5.75 Å². The van der Waals surface area contributed by atoms with Gasteiger partial charge in [0.2, 0.25) is 0 Å². The standard InChI is InChI=1S/C17H17BrN2O6S2/c1-2-5-14(26-13-10-8-12(18)9-11-13)17(21)19-20-27(22,23)15-6-3-4-7-16(15)28(20,24)25/h3-4,6-11,14H,2,5H2,1H3,(H,19,21)/t14-/m0/s1. The van der Waals surface area contributed by atoms with Gasteiger partial charge in [-0.3, -0.25) is 10.2 Å². The molecule has 0 fully saturated rings. The van der Waals surface area contributed by atoms with Gasteiger partial charge in [-0.15, -0.1) is 0 Å². The van der Waals surface area contributed by atoms with E-state index in [1.807, 2.05) is 12.3 Å². The van der Waals surface area contributed by atoms with Crippen LogP contribution in [0, 0.1) is 0 Å². The Bertz CT molecular complexity index is 1050. The van der Waals surface area contributed by atoms with E-state index >= 15 is 0 Å². The van der Waals surface area contributed by atoms with Crippen LogP contribution in [-0.2, 0) is 24.8 Å². The summed E-state index contributed by atoms with van der Waals surface area (Å²) in [5.74, 6) is -0.475. The molecule has 3 rings (SSSR count). The summed E-state index contributed by atoms with van der Waals surface area (Å²) in [5.41, 5.74) is 2.01. The van der Waals surface area contributed by atoms with E-state index in [1.54, 1.807) is 24.3 Å². The van der Waals surface area contributed by atoms with Gasteiger partial charge in [-0.1, -0.05) is 41.4 Å². The van der Waals surface area contributed by atoms with E-state index in [4.69, 9.17) is 4.74 Å². The molecule has 0 saturated heterocycles. The zero-order valence-corrected chi connectivity index (χ0v) is 17.9. The Morgan fingerprint density at radius 1 is 1.04 bits per heavy atom. The van der Waals surface area contributed by atoms with Crippen LogP contribution in [0.15, 0.2) is 62.8 Å². The van der Waals surface area contributed by atoms with E-state index in [2.05, 4.69) is 15.9 Å². The number of fused-ring (bicyclic) bond motifs is 1. The molecule has 28 heavy (non-hydrogen) atoms. The lowest BCUT2D eigenvalue weighted by atomic mass is 10.2. The van der Waals surface area contributed by atoms with E-state index in [0.717, 1.165) is 4.47 Å². The number of benzene rings is 2. The molecule has 0 spiro atoms. The summed E-state index contributed by atoms with van der Waals surface area (Å²) in [4.78, 5) is 11.9. The number of carbonyl (C=O) groups is 1. The average Bonchev–Trinajstić information content (AvgIpc) is 2.81. The van der Waals surface area contributed by atoms with Crippen molar-refractivity contribution in [1.82, 2.24) is 9.25 Å². The molecule has 1 N–H and O–H groups in total. The Labute approximate surface area is 171 Å². The summed E-state index contributed by atoms with van der Waals surface area (Å²) in [7, 11) is -8.85. The van der Waals surface area contributed by atoms with Gasteiger partial charge in [-0.25, -0.2) is 16.8 Å². The first kappa shape index (κ1) is 20.8. The Morgan fingerprint density at radius 3 is 2.07 bits per heavy atom. The highest BCUT2D eigenvalue weighted by Gasteiger charge is 2.49. The topological polar surface area (TPSA) is 110 Å². The molecule has 1 amide bonds. The number of ether oxygens (including phenoxy) is 1. The molecule has 1 aliphatic heterocycles. The van der Waals surface area contributed by atoms with Crippen molar-refractivity contribution >= 4 is 41.9 Å². The third kappa shape index (κ3) is 3.79. The number of halogens is 1. The van der Waals surface area contributed by atoms with Crippen LogP contribution >= 0.6 is 15.9 Å². The second kappa shape index (κ2) is 7.82. The molecule has 0 aromatic heterocycles. The van der Waals surface area contributed by atoms with Crippen LogP contribution in [0.3, 0.4) is 0 Å². The highest BCUT2D eigenvalue weighted by atomic mass is 79.9. The van der Waals surface area contributed by atoms with E-state index < -0.39 is 32.1 Å². The molecule has 0 saturated carbocycles. The first-order valence-electron chi connectivity index (χ1n) is 8.30. The Kier molecular flexibility index (Phi) is 5.80. The van der Waals surface area contributed by atoms with Crippen molar-refractivity contribution in [3.63, 3.8) is 0 Å². The highest BCUT2D eigenvalue weighted by Crippen LogP contribution is 2.35. The number of nitrogens with one attached hydrogen (secondary N) is 1. The summed E-state index contributed by atoms with van der Waals surface area (Å²) >= 11 is 3.29. The maximum atomic E-state index is 12.7. The molecule has 0 unspecified atom stereocenters. The minimum atomic E-state index is -4.42. The lowest BCUT2D eigenvalue weighted by molar-refractivity contribution is -0.130. The van der Waals surface area contributed by atoms with Crippen LogP contribution in [0.4, 0.5) is 0 Å². The number of nitrogens with zero attached hydrogens (tertiary/aromatic N) is 1. The molecule has 0 radical (unpaired) electrons. The molecule has 0 bridgehead atoms. The van der Waals surface area contributed by atoms with Crippen molar-refractivity contribution in [3.8, 4) is 5.75 Å². The normalized spacial score (nSPS) is 18.2. The SMILES string of the molecule is CCC[C@H](Oc1ccc(Br)cc1)C(=O)NN1S(=O)(=O)c2ccccc2S1(=O)=O. The van der Waals surface area contributed by atoms with Gasteiger partial charge in [0.05, 0.1) is 0 Å². The first-order chi connectivity index (χ1) is 13.2. The highest BCUT2D eigenvalue weighted by molar-refractivity contribution is 9.10. The third-order valence-corrected chi connectivity index (χ3v) is 8.69. The zero-order valence-electron chi connectivity index (χ0n) is 14.7. The largest absolute Gasteiger partial charge is 0.481 e. The third-order valence-electron chi connectivity index (χ3n) is 3.98. The van der Waals surface area contributed by atoms with Crippen LogP contribution < -0.4 is 10.2 Å². The number of hydrazine groups is 1. The lowest BCUT2D eigenvalue weighted by Gasteiger charge is -2.21. The van der Waals surface area contributed by atoms with Crippen LogP contribution in [-0.4, -0.2) is 32.7 Å². The molecule has 8 nitrogen and oxygen atoms in total. The molecule has 2 aromatic carbocycles. The number of sulfonamides is 2. The molecule has 1 aliphatic rings. The maximum Gasteiger partial charge on any atom is 0.277 e. The van der Waals surface area contributed by atoms with Gasteiger partial charge >= 0.3 is 0 Å². The minimum Gasteiger partial charge on any atom is -0.481 e. The van der Waals surface area contributed by atoms with Crippen molar-refractivity contribution in [2.45, 2.75) is 35.7 Å². The number of rotatable bonds is 6. The van der Waals surface area contributed by atoms with Crippen molar-refractivity contribution < 1.29 is 26.4 Å². The molecular weight excluding hydrogens is 472 g/mol. The van der Waals surface area contributed by atoms with E-state index in [9.17, 15) is 21.6 Å². The number of amides is 1. The molecular formula is C17H17BrN2O6S2. The van der Waals surface area contributed by atoms with Crippen LogP contribution in [0.1, 0.15) is 19.8 Å². The summed E-state index contributed by atoms with van der Waals surface area (Å²) in [6, 6.07) is 11.9. The van der Waals surface area contributed by atoms with E-state index in [1.165, 1.54) is 24.3 Å². The van der Waals surface area contributed by atoms with Gasteiger partial charge in [-0.05, 0) is 42.8 Å². The molecule has 1 heterocycles. The van der Waals surface area contributed by atoms with Gasteiger partial charge < -0.3 is 4.74 Å². The van der Waals surface area contributed by atoms with Crippen molar-refractivity contribution in [2.75, 3.05) is 0 Å². The average molecular weight is 489 g/mol. The Hall–Kier alpha value is -1.95. The van der Waals surface area contributed by atoms with Gasteiger partial charge in [0.1, 0.15) is 15.5 Å². The molecule has 11 heteroatoms. The Morgan fingerprint density at radius 2 is 1.57 bits per heavy atom. The van der Waals surface area contributed by atoms with E-state index in [0.29, 0.717) is 12.2 Å². The summed E-state index contributed by atoms with van der Waals surface area (Å²) in [5, 5.41) is 0. The number of hydrogen-bond acceptors (Lipinski definition) is 6. The van der Waals surface area contributed by atoms with Gasteiger partial charge in [0.15, 0.2) is 6.10 Å². The first-order valence-corrected chi connectivity index (χ1v) is 12.0. The number of hydrogen-bond donors (Lipinski definition) is 1. The van der Waals surface area contributed by atoms with Gasteiger partial charge in [-0.2, -0.15) is 0 Å². The zero-order chi connectivity index (χ0) is 20.5. The van der Waals surface area contributed by atoms with Crippen LogP contribution in [0.25, 0.3) is 0 Å². The molecule has 150 valence electrons. The molecule has 1 atom stereocenters. The monoisotopic (exact) mass is 488 g/mol. The van der Waals surface area contributed by atoms with E-state index in [-0.39, 0.29) is 20.0 Å². The molecule has 2 aromatic rings. The second-order valence-corrected chi connectivity index (χ2v) is 10.6. The lowest BCUT2D eigenvalue weighted by Crippen LogP contribution is -2.50. The fraction of sp³-hybridized carbons (Fsp3) is 0.235. The summed E-state index contributed by atoms with van der Waals surface area (Å²) in [6.07, 6.45) is -0.239. The van der Waals surface area contributed by atoms with Gasteiger partial charge in [0, 0.05) is 8.29 Å². The van der Waals surface area contributed by atoms with Crippen molar-refractivity contribution in [3.05, 3.63) is 53.0 Å². The predicted octanol–water partition coefficient (Wildman–Crippen LogP) is 2.42. The van der Waals surface area contributed by atoms with Crippen molar-refractivity contribution in [2.24, 2.45) is 0 Å². The fourth-order valence-corrected chi connectivity index (χ4v) is 6.98. The minimum absolute atomic E-state index is 0.0145. The quantitative estimate of drug-likeness (QED) is 0.668. The van der Waals surface area contributed by atoms with Crippen molar-refractivity contribution in [1.29, 1.82) is 0 Å². The summed E-state index contributed by atoms with van der Waals surface area (Å²) in [6.45, 7) is 1.82. The molecule has 0 aliphatic carbocycles. The van der Waals surface area contributed by atoms with Gasteiger partial charge in [0.25, 0.3) is 26.0 Å².